The highest BCUT2D eigenvalue weighted by Crippen LogP contribution is 2.42. The fourth-order valence-corrected chi connectivity index (χ4v) is 3.68. The number of hydrogen-bond acceptors (Lipinski definition) is 4. The molecule has 1 aromatic rings. The van der Waals surface area contributed by atoms with E-state index in [1.165, 1.54) is 32.4 Å². The smallest absolute Gasteiger partial charge is 0.256 e. The van der Waals surface area contributed by atoms with E-state index >= 15 is 0 Å². The normalized spacial score (nSPS) is 20.1. The van der Waals surface area contributed by atoms with Gasteiger partial charge in [0.2, 0.25) is 0 Å². The number of amides is 1. The first-order valence-corrected chi connectivity index (χ1v) is 10.5. The number of likely N-dealkylation sites (tertiary alicyclic amines) is 1. The number of benzene rings is 1. The summed E-state index contributed by atoms with van der Waals surface area (Å²) in [5.74, 6) is 1.14. The quantitative estimate of drug-likeness (QED) is 0.670. The van der Waals surface area contributed by atoms with Crippen LogP contribution in [0.2, 0.25) is 0 Å². The summed E-state index contributed by atoms with van der Waals surface area (Å²) in [6, 6.07) is 7.66. The molecule has 1 saturated carbocycles. The molecule has 0 bridgehead atoms. The number of carbonyl (C=O) groups excluding carboxylic acids is 1. The topological polar surface area (TPSA) is 50.8 Å². The first kappa shape index (κ1) is 20.2. The van der Waals surface area contributed by atoms with Crippen molar-refractivity contribution in [1.29, 1.82) is 0 Å². The molecule has 0 radical (unpaired) electrons. The minimum absolute atomic E-state index is 0.0442. The number of rotatable bonds is 10. The standard InChI is InChI=1S/C22H34N2O3/c1-3-16-27-22(2,18-7-8-18)21(25)23-19-9-11-20(12-10-19)26-17-15-24-13-5-4-6-14-24/h9-12,18H,3-8,13-17H2,1-2H3,(H,23,25). The van der Waals surface area contributed by atoms with E-state index in [1.807, 2.05) is 31.2 Å². The Morgan fingerprint density at radius 3 is 2.48 bits per heavy atom. The van der Waals surface area contributed by atoms with Crippen molar-refractivity contribution in [3.63, 3.8) is 0 Å². The fourth-order valence-electron chi connectivity index (χ4n) is 3.68. The van der Waals surface area contributed by atoms with Gasteiger partial charge in [-0.25, -0.2) is 0 Å². The molecular weight excluding hydrogens is 340 g/mol. The van der Waals surface area contributed by atoms with Gasteiger partial charge in [0.1, 0.15) is 18.0 Å². The van der Waals surface area contributed by atoms with Crippen LogP contribution in [0.3, 0.4) is 0 Å². The van der Waals surface area contributed by atoms with Gasteiger partial charge in [-0.1, -0.05) is 13.3 Å². The van der Waals surface area contributed by atoms with E-state index in [0.29, 0.717) is 19.1 Å². The predicted molar refractivity (Wildman–Crippen MR) is 108 cm³/mol. The van der Waals surface area contributed by atoms with Crippen molar-refractivity contribution in [2.24, 2.45) is 5.92 Å². The summed E-state index contributed by atoms with van der Waals surface area (Å²) in [7, 11) is 0. The minimum atomic E-state index is -0.723. The summed E-state index contributed by atoms with van der Waals surface area (Å²) in [4.78, 5) is 15.2. The van der Waals surface area contributed by atoms with Gasteiger partial charge in [-0.15, -0.1) is 0 Å². The maximum atomic E-state index is 12.8. The molecule has 1 N–H and O–H groups in total. The van der Waals surface area contributed by atoms with Gasteiger partial charge in [0, 0.05) is 18.8 Å². The molecule has 1 heterocycles. The largest absolute Gasteiger partial charge is 0.492 e. The van der Waals surface area contributed by atoms with Crippen LogP contribution in [-0.4, -0.2) is 49.3 Å². The van der Waals surface area contributed by atoms with Gasteiger partial charge in [-0.3, -0.25) is 9.69 Å². The third-order valence-electron chi connectivity index (χ3n) is 5.65. The molecule has 150 valence electrons. The van der Waals surface area contributed by atoms with Crippen LogP contribution in [0.1, 0.15) is 52.4 Å². The predicted octanol–water partition coefficient (Wildman–Crippen LogP) is 4.09. The fraction of sp³-hybridized carbons (Fsp3) is 0.682. The first-order chi connectivity index (χ1) is 13.1. The third kappa shape index (κ3) is 5.69. The van der Waals surface area contributed by atoms with Crippen LogP contribution in [0, 0.1) is 5.92 Å². The lowest BCUT2D eigenvalue weighted by atomic mass is 9.98. The minimum Gasteiger partial charge on any atom is -0.492 e. The van der Waals surface area contributed by atoms with Crippen molar-refractivity contribution < 1.29 is 14.3 Å². The Morgan fingerprint density at radius 1 is 1.15 bits per heavy atom. The van der Waals surface area contributed by atoms with E-state index in [4.69, 9.17) is 9.47 Å². The van der Waals surface area contributed by atoms with Gasteiger partial charge >= 0.3 is 0 Å². The van der Waals surface area contributed by atoms with E-state index in [1.54, 1.807) is 0 Å². The molecule has 1 aliphatic heterocycles. The molecule has 1 saturated heterocycles. The molecule has 1 atom stereocenters. The van der Waals surface area contributed by atoms with Crippen LogP contribution in [0.15, 0.2) is 24.3 Å². The molecule has 2 fully saturated rings. The number of nitrogens with one attached hydrogen (secondary N) is 1. The summed E-state index contributed by atoms with van der Waals surface area (Å²) < 4.78 is 11.8. The highest BCUT2D eigenvalue weighted by Gasteiger charge is 2.48. The maximum Gasteiger partial charge on any atom is 0.256 e. The lowest BCUT2D eigenvalue weighted by Gasteiger charge is -2.28. The average molecular weight is 375 g/mol. The molecular formula is C22H34N2O3. The van der Waals surface area contributed by atoms with Crippen molar-refractivity contribution in [1.82, 2.24) is 4.90 Å². The molecule has 1 amide bonds. The highest BCUT2D eigenvalue weighted by atomic mass is 16.5. The second kappa shape index (κ2) is 9.56. The Morgan fingerprint density at radius 2 is 1.85 bits per heavy atom. The van der Waals surface area contributed by atoms with E-state index in [-0.39, 0.29) is 5.91 Å². The van der Waals surface area contributed by atoms with Gasteiger partial charge < -0.3 is 14.8 Å². The van der Waals surface area contributed by atoms with Crippen molar-refractivity contribution in [2.45, 2.75) is 58.0 Å². The van der Waals surface area contributed by atoms with Crippen LogP contribution in [0.5, 0.6) is 5.75 Å². The molecule has 1 aliphatic carbocycles. The Balaban J connectivity index is 1.47. The number of piperidine rings is 1. The Labute approximate surface area is 163 Å². The molecule has 3 rings (SSSR count). The number of nitrogens with zero attached hydrogens (tertiary/aromatic N) is 1. The van der Waals surface area contributed by atoms with E-state index in [2.05, 4.69) is 17.1 Å². The second-order valence-electron chi connectivity index (χ2n) is 7.96. The molecule has 0 spiro atoms. The van der Waals surface area contributed by atoms with Crippen LogP contribution in [0.4, 0.5) is 5.69 Å². The summed E-state index contributed by atoms with van der Waals surface area (Å²) >= 11 is 0. The first-order valence-electron chi connectivity index (χ1n) is 10.5. The van der Waals surface area contributed by atoms with Crippen molar-refractivity contribution in [3.8, 4) is 5.75 Å². The zero-order valence-electron chi connectivity index (χ0n) is 16.8. The lowest BCUT2D eigenvalue weighted by molar-refractivity contribution is -0.142. The van der Waals surface area contributed by atoms with Gasteiger partial charge in [0.15, 0.2) is 0 Å². The van der Waals surface area contributed by atoms with Crippen molar-refractivity contribution >= 4 is 11.6 Å². The zero-order valence-corrected chi connectivity index (χ0v) is 16.8. The average Bonchev–Trinajstić information content (AvgIpc) is 3.54. The molecule has 5 nitrogen and oxygen atoms in total. The van der Waals surface area contributed by atoms with E-state index in [0.717, 1.165) is 37.2 Å². The van der Waals surface area contributed by atoms with E-state index in [9.17, 15) is 4.79 Å². The van der Waals surface area contributed by atoms with E-state index < -0.39 is 5.60 Å². The van der Waals surface area contributed by atoms with Crippen LogP contribution >= 0.6 is 0 Å². The molecule has 1 aromatic carbocycles. The molecule has 2 aliphatic rings. The third-order valence-corrected chi connectivity index (χ3v) is 5.65. The Bertz CT molecular complexity index is 594. The summed E-state index contributed by atoms with van der Waals surface area (Å²) in [6.07, 6.45) is 7.01. The SMILES string of the molecule is CCCOC(C)(C(=O)Nc1ccc(OCCN2CCCCC2)cc1)C1CC1. The van der Waals surface area contributed by atoms with Crippen LogP contribution in [0.25, 0.3) is 0 Å². The molecule has 1 unspecified atom stereocenters. The number of anilines is 1. The Hall–Kier alpha value is -1.59. The number of hydrogen-bond donors (Lipinski definition) is 1. The second-order valence-corrected chi connectivity index (χ2v) is 7.96. The monoisotopic (exact) mass is 374 g/mol. The Kier molecular flexibility index (Phi) is 7.13. The number of ether oxygens (including phenoxy) is 2. The summed E-state index contributed by atoms with van der Waals surface area (Å²) in [6.45, 7) is 8.67. The van der Waals surface area contributed by atoms with Crippen molar-refractivity contribution in [2.75, 3.05) is 38.2 Å². The lowest BCUT2D eigenvalue weighted by Crippen LogP contribution is -2.45. The summed E-state index contributed by atoms with van der Waals surface area (Å²) in [5, 5.41) is 3.02. The molecule has 0 aromatic heterocycles. The zero-order chi connectivity index (χ0) is 19.1. The molecule has 5 heteroatoms. The van der Waals surface area contributed by atoms with Crippen LogP contribution in [-0.2, 0) is 9.53 Å². The highest BCUT2D eigenvalue weighted by molar-refractivity contribution is 5.97. The van der Waals surface area contributed by atoms with Gasteiger partial charge in [-0.2, -0.15) is 0 Å². The van der Waals surface area contributed by atoms with Gasteiger partial charge in [0.05, 0.1) is 0 Å². The van der Waals surface area contributed by atoms with Gasteiger partial charge in [-0.05, 0) is 82.3 Å². The maximum absolute atomic E-state index is 12.8. The number of carbonyl (C=O) groups is 1. The van der Waals surface area contributed by atoms with Crippen molar-refractivity contribution in [3.05, 3.63) is 24.3 Å². The van der Waals surface area contributed by atoms with Gasteiger partial charge in [0.25, 0.3) is 5.91 Å². The molecule has 27 heavy (non-hydrogen) atoms. The summed E-state index contributed by atoms with van der Waals surface area (Å²) in [5.41, 5.74) is 0.0648. The van der Waals surface area contributed by atoms with Crippen LogP contribution < -0.4 is 10.1 Å².